The van der Waals surface area contributed by atoms with E-state index < -0.39 is 36.3 Å². The Hall–Kier alpha value is -2.38. The molecule has 3 rings (SSSR count). The monoisotopic (exact) mass is 561 g/mol. The standard InChI is InChI=1S/C21H28BrN3O8S/c1-11(16-8-12(17(22)34-16)4-3-7-23-20(29)32-2)25(13-5-6-13)18(26)14-9-24(21(30)31)10-15(33-14)19(27)28/h8,11,13-15H,3-7,9-10H2,1-2H3,(H,23,29)(H,27,28)(H,30,31)/t11-,14-,15+/m1/s1. The first-order chi connectivity index (χ1) is 16.1. The molecule has 3 amide bonds. The molecule has 0 aromatic carbocycles. The second kappa shape index (κ2) is 11.4. The highest BCUT2D eigenvalue weighted by molar-refractivity contribution is 9.11. The van der Waals surface area contributed by atoms with Crippen LogP contribution in [-0.2, 0) is 25.5 Å². The summed E-state index contributed by atoms with van der Waals surface area (Å²) in [4.78, 5) is 51.2. The van der Waals surface area contributed by atoms with E-state index in [0.29, 0.717) is 19.4 Å². The van der Waals surface area contributed by atoms with E-state index in [4.69, 9.17) is 4.74 Å². The molecule has 1 aromatic rings. The average molecular weight is 562 g/mol. The smallest absolute Gasteiger partial charge is 0.407 e. The summed E-state index contributed by atoms with van der Waals surface area (Å²) < 4.78 is 11.0. The molecule has 2 heterocycles. The van der Waals surface area contributed by atoms with Crippen molar-refractivity contribution in [3.63, 3.8) is 0 Å². The molecule has 0 bridgehead atoms. The van der Waals surface area contributed by atoms with E-state index in [0.717, 1.165) is 32.0 Å². The fourth-order valence-corrected chi connectivity index (χ4v) is 5.73. The molecule has 0 unspecified atom stereocenters. The highest BCUT2D eigenvalue weighted by Crippen LogP contribution is 2.40. The summed E-state index contributed by atoms with van der Waals surface area (Å²) in [5, 5.41) is 21.4. The number of hydrogen-bond donors (Lipinski definition) is 3. The number of alkyl carbamates (subject to hydrolysis) is 1. The third-order valence-electron chi connectivity index (χ3n) is 5.80. The van der Waals surface area contributed by atoms with E-state index in [1.54, 1.807) is 4.90 Å². The van der Waals surface area contributed by atoms with Crippen molar-refractivity contribution in [3.8, 4) is 0 Å². The van der Waals surface area contributed by atoms with Gasteiger partial charge in [-0.2, -0.15) is 0 Å². The number of methoxy groups -OCH3 is 1. The lowest BCUT2D eigenvalue weighted by Gasteiger charge is -2.38. The van der Waals surface area contributed by atoms with Crippen LogP contribution >= 0.6 is 27.3 Å². The second-order valence-electron chi connectivity index (χ2n) is 8.26. The minimum absolute atomic E-state index is 0.00293. The van der Waals surface area contributed by atoms with Crippen LogP contribution in [0.15, 0.2) is 9.85 Å². The molecule has 1 aliphatic carbocycles. The van der Waals surface area contributed by atoms with Gasteiger partial charge in [-0.05, 0) is 60.2 Å². The molecule has 0 radical (unpaired) electrons. The van der Waals surface area contributed by atoms with Crippen LogP contribution in [0.3, 0.4) is 0 Å². The molecule has 1 aromatic heterocycles. The normalized spacial score (nSPS) is 21.0. The van der Waals surface area contributed by atoms with Crippen molar-refractivity contribution in [2.75, 3.05) is 26.7 Å². The zero-order chi connectivity index (χ0) is 25.0. The van der Waals surface area contributed by atoms with Crippen LogP contribution in [0.4, 0.5) is 9.59 Å². The summed E-state index contributed by atoms with van der Waals surface area (Å²) in [7, 11) is 1.31. The summed E-state index contributed by atoms with van der Waals surface area (Å²) in [5.74, 6) is -1.70. The van der Waals surface area contributed by atoms with Gasteiger partial charge in [0.1, 0.15) is 0 Å². The number of carbonyl (C=O) groups is 4. The van der Waals surface area contributed by atoms with Gasteiger partial charge in [-0.3, -0.25) is 4.79 Å². The molecule has 11 nitrogen and oxygen atoms in total. The molecule has 3 N–H and O–H groups in total. The van der Waals surface area contributed by atoms with Crippen LogP contribution < -0.4 is 5.32 Å². The highest BCUT2D eigenvalue weighted by Gasteiger charge is 2.44. The topological polar surface area (TPSA) is 146 Å². The van der Waals surface area contributed by atoms with Gasteiger partial charge < -0.3 is 34.8 Å². The highest BCUT2D eigenvalue weighted by atomic mass is 79.9. The Bertz CT molecular complexity index is 915. The summed E-state index contributed by atoms with van der Waals surface area (Å²) >= 11 is 5.10. The first kappa shape index (κ1) is 26.2. The number of carboxylic acids is 1. The molecule has 2 fully saturated rings. The maximum absolute atomic E-state index is 13.5. The molecule has 0 spiro atoms. The van der Waals surface area contributed by atoms with E-state index in [9.17, 15) is 29.4 Å². The molecule has 1 saturated heterocycles. The molecule has 2 aliphatic rings. The first-order valence-corrected chi connectivity index (χ1v) is 12.5. The number of amides is 3. The number of nitrogens with one attached hydrogen (secondary N) is 1. The van der Waals surface area contributed by atoms with Gasteiger partial charge in [0.2, 0.25) is 0 Å². The zero-order valence-corrected chi connectivity index (χ0v) is 21.3. The summed E-state index contributed by atoms with van der Waals surface area (Å²) in [5.41, 5.74) is 1.05. The predicted molar refractivity (Wildman–Crippen MR) is 125 cm³/mol. The minimum atomic E-state index is -1.39. The number of hydrogen-bond acceptors (Lipinski definition) is 7. The molecule has 34 heavy (non-hydrogen) atoms. The number of thiophene rings is 1. The maximum atomic E-state index is 13.5. The van der Waals surface area contributed by atoms with Crippen molar-refractivity contribution in [2.45, 2.75) is 56.9 Å². The summed E-state index contributed by atoms with van der Waals surface area (Å²) in [6, 6.07) is 1.73. The number of aryl methyl sites for hydroxylation is 1. The molecule has 13 heteroatoms. The van der Waals surface area contributed by atoms with Crippen LogP contribution in [0.25, 0.3) is 0 Å². The van der Waals surface area contributed by atoms with Gasteiger partial charge in [-0.15, -0.1) is 11.3 Å². The van der Waals surface area contributed by atoms with Gasteiger partial charge in [0, 0.05) is 17.5 Å². The van der Waals surface area contributed by atoms with Gasteiger partial charge in [0.25, 0.3) is 5.91 Å². The third-order valence-corrected chi connectivity index (χ3v) is 7.93. The Morgan fingerprint density at radius 2 is 1.97 bits per heavy atom. The molecule has 1 aliphatic heterocycles. The van der Waals surface area contributed by atoms with E-state index in [-0.39, 0.29) is 25.2 Å². The van der Waals surface area contributed by atoms with Crippen LogP contribution in [-0.4, -0.2) is 89.1 Å². The Morgan fingerprint density at radius 3 is 2.56 bits per heavy atom. The number of nitrogens with zero attached hydrogens (tertiary/aromatic N) is 2. The van der Waals surface area contributed by atoms with E-state index >= 15 is 0 Å². The number of ether oxygens (including phenoxy) is 2. The fourth-order valence-electron chi connectivity index (χ4n) is 3.88. The SMILES string of the molecule is COC(=O)NCCCc1cc([C@@H](C)N(C(=O)[C@H]2CN(C(=O)O)C[C@@H](C(=O)O)O2)C2CC2)sc1Br. The van der Waals surface area contributed by atoms with Gasteiger partial charge >= 0.3 is 18.2 Å². The second-order valence-corrected chi connectivity index (χ2v) is 10.7. The van der Waals surface area contributed by atoms with Crippen molar-refractivity contribution in [1.82, 2.24) is 15.1 Å². The lowest BCUT2D eigenvalue weighted by Crippen LogP contribution is -2.57. The fraction of sp³-hybridized carbons (Fsp3) is 0.619. The molecule has 3 atom stereocenters. The Labute approximate surface area is 209 Å². The van der Waals surface area contributed by atoms with Crippen LogP contribution in [0.5, 0.6) is 0 Å². The van der Waals surface area contributed by atoms with Crippen LogP contribution in [0, 0.1) is 0 Å². The number of aliphatic carboxylic acids is 1. The number of rotatable bonds is 9. The summed E-state index contributed by atoms with van der Waals surface area (Å²) in [6.45, 7) is 1.85. The van der Waals surface area contributed by atoms with Crippen molar-refractivity contribution in [2.24, 2.45) is 0 Å². The third kappa shape index (κ3) is 6.39. The first-order valence-electron chi connectivity index (χ1n) is 10.9. The van der Waals surface area contributed by atoms with Gasteiger partial charge in [0.15, 0.2) is 12.2 Å². The average Bonchev–Trinajstić information content (AvgIpc) is 3.57. The van der Waals surface area contributed by atoms with Crippen LogP contribution in [0.1, 0.15) is 42.7 Å². The molecular weight excluding hydrogens is 534 g/mol. The maximum Gasteiger partial charge on any atom is 0.407 e. The van der Waals surface area contributed by atoms with Crippen molar-refractivity contribution in [3.05, 3.63) is 20.3 Å². The van der Waals surface area contributed by atoms with Gasteiger partial charge in [0.05, 0.1) is 30.0 Å². The van der Waals surface area contributed by atoms with Crippen molar-refractivity contribution < 1.29 is 38.9 Å². The van der Waals surface area contributed by atoms with Crippen LogP contribution in [0.2, 0.25) is 0 Å². The minimum Gasteiger partial charge on any atom is -0.479 e. The Kier molecular flexibility index (Phi) is 8.77. The molecule has 188 valence electrons. The Morgan fingerprint density at radius 1 is 1.29 bits per heavy atom. The number of carbonyl (C=O) groups excluding carboxylic acids is 2. The van der Waals surface area contributed by atoms with Crippen molar-refractivity contribution >= 4 is 51.3 Å². The predicted octanol–water partition coefficient (Wildman–Crippen LogP) is 2.68. The number of halogens is 1. The summed E-state index contributed by atoms with van der Waals surface area (Å²) in [6.07, 6.45) is -1.26. The number of morpholine rings is 1. The number of carboxylic acid groups (broad SMARTS) is 2. The van der Waals surface area contributed by atoms with Crippen molar-refractivity contribution in [1.29, 1.82) is 0 Å². The van der Waals surface area contributed by atoms with Gasteiger partial charge in [-0.25, -0.2) is 14.4 Å². The Balaban J connectivity index is 1.71. The van der Waals surface area contributed by atoms with Gasteiger partial charge in [-0.1, -0.05) is 0 Å². The quantitative estimate of drug-likeness (QED) is 0.390. The lowest BCUT2D eigenvalue weighted by molar-refractivity contribution is -0.172. The molecule has 1 saturated carbocycles. The lowest BCUT2D eigenvalue weighted by atomic mass is 10.1. The van der Waals surface area contributed by atoms with E-state index in [2.05, 4.69) is 26.0 Å². The van der Waals surface area contributed by atoms with E-state index in [1.165, 1.54) is 18.4 Å². The zero-order valence-electron chi connectivity index (χ0n) is 18.9. The molecular formula is C21H28BrN3O8S. The van der Waals surface area contributed by atoms with E-state index in [1.807, 2.05) is 13.0 Å². The largest absolute Gasteiger partial charge is 0.479 e.